The molecular weight excluding hydrogens is 445 g/mol. The van der Waals surface area contributed by atoms with Gasteiger partial charge in [0.05, 0.1) is 10.0 Å². The largest absolute Gasteiger partial charge is 0.486 e. The fourth-order valence-electron chi connectivity index (χ4n) is 2.63. The molecule has 0 radical (unpaired) electrons. The molecule has 3 aromatic carbocycles. The van der Waals surface area contributed by atoms with Crippen LogP contribution in [0.4, 0.5) is 14.5 Å². The van der Waals surface area contributed by atoms with Crippen molar-refractivity contribution in [3.63, 3.8) is 0 Å². The maximum atomic E-state index is 13.3. The normalized spacial score (nSPS) is 11.0. The van der Waals surface area contributed by atoms with Crippen molar-refractivity contribution in [2.45, 2.75) is 6.61 Å². The number of benzene rings is 3. The summed E-state index contributed by atoms with van der Waals surface area (Å²) in [4.78, 5) is 12.3. The summed E-state index contributed by atoms with van der Waals surface area (Å²) >= 11 is 12.5. The number of hydrogen-bond acceptors (Lipinski definition) is 3. The highest BCUT2D eigenvalue weighted by Crippen LogP contribution is 2.35. The number of ether oxygens (including phenoxy) is 1. The van der Waals surface area contributed by atoms with Crippen molar-refractivity contribution >= 4 is 40.9 Å². The van der Waals surface area contributed by atoms with E-state index in [9.17, 15) is 18.8 Å². The highest BCUT2D eigenvalue weighted by Gasteiger charge is 2.13. The van der Waals surface area contributed by atoms with Gasteiger partial charge in [-0.25, -0.2) is 8.78 Å². The molecule has 0 unspecified atom stereocenters. The second-order valence-corrected chi connectivity index (χ2v) is 7.18. The van der Waals surface area contributed by atoms with Gasteiger partial charge in [-0.15, -0.1) is 0 Å². The van der Waals surface area contributed by atoms with Gasteiger partial charge in [-0.05, 0) is 65.7 Å². The van der Waals surface area contributed by atoms with Gasteiger partial charge in [0.1, 0.15) is 29.9 Å². The summed E-state index contributed by atoms with van der Waals surface area (Å²) in [5.74, 6) is -1.31. The standard InChI is InChI=1S/C23H14Cl2F2N2O2/c24-20-10-15(8-16(12-28)23(30)29-19-6-4-17(26)5-7-19)11-21(25)22(20)31-13-14-2-1-3-18(27)9-14/h1-11H,13H2,(H,29,30)/b16-8+. The third kappa shape index (κ3) is 6.05. The molecule has 4 nitrogen and oxygen atoms in total. The molecule has 0 saturated carbocycles. The number of halogens is 4. The predicted molar refractivity (Wildman–Crippen MR) is 116 cm³/mol. The average molecular weight is 459 g/mol. The molecule has 0 aliphatic carbocycles. The number of hydrogen-bond donors (Lipinski definition) is 1. The Labute approximate surface area is 187 Å². The van der Waals surface area contributed by atoms with Gasteiger partial charge >= 0.3 is 0 Å². The molecule has 0 aromatic heterocycles. The highest BCUT2D eigenvalue weighted by molar-refractivity contribution is 6.37. The number of nitrogens with zero attached hydrogens (tertiary/aromatic N) is 1. The van der Waals surface area contributed by atoms with Crippen LogP contribution in [0, 0.1) is 23.0 Å². The zero-order valence-electron chi connectivity index (χ0n) is 15.8. The first-order chi connectivity index (χ1) is 14.9. The van der Waals surface area contributed by atoms with E-state index in [0.29, 0.717) is 16.8 Å². The molecule has 0 aliphatic heterocycles. The van der Waals surface area contributed by atoms with Crippen LogP contribution in [-0.2, 0) is 11.4 Å². The maximum absolute atomic E-state index is 13.3. The average Bonchev–Trinajstić information content (AvgIpc) is 2.73. The summed E-state index contributed by atoms with van der Waals surface area (Å²) in [7, 11) is 0. The van der Waals surface area contributed by atoms with Crippen molar-refractivity contribution < 1.29 is 18.3 Å². The van der Waals surface area contributed by atoms with E-state index in [2.05, 4.69) is 5.32 Å². The van der Waals surface area contributed by atoms with Crippen LogP contribution in [0.1, 0.15) is 11.1 Å². The lowest BCUT2D eigenvalue weighted by molar-refractivity contribution is -0.112. The van der Waals surface area contributed by atoms with E-state index in [-0.39, 0.29) is 33.8 Å². The zero-order chi connectivity index (χ0) is 22.4. The number of anilines is 1. The van der Waals surface area contributed by atoms with Gasteiger partial charge in [0.15, 0.2) is 5.75 Å². The maximum Gasteiger partial charge on any atom is 0.266 e. The molecule has 0 heterocycles. The van der Waals surface area contributed by atoms with Crippen molar-refractivity contribution in [1.82, 2.24) is 0 Å². The quantitative estimate of drug-likeness (QED) is 0.343. The predicted octanol–water partition coefficient (Wildman–Crippen LogP) is 6.40. The van der Waals surface area contributed by atoms with Crippen LogP contribution in [0.3, 0.4) is 0 Å². The summed E-state index contributed by atoms with van der Waals surface area (Å²) in [6, 6.07) is 15.8. The fraction of sp³-hybridized carbons (Fsp3) is 0.0435. The van der Waals surface area contributed by atoms with Gasteiger partial charge in [-0.3, -0.25) is 4.79 Å². The van der Waals surface area contributed by atoms with E-state index >= 15 is 0 Å². The Morgan fingerprint density at radius 2 is 1.71 bits per heavy atom. The Morgan fingerprint density at radius 1 is 1.03 bits per heavy atom. The summed E-state index contributed by atoms with van der Waals surface area (Å²) in [6.45, 7) is 0.0515. The van der Waals surface area contributed by atoms with E-state index < -0.39 is 11.7 Å². The van der Waals surface area contributed by atoms with E-state index in [0.717, 1.165) is 0 Å². The van der Waals surface area contributed by atoms with Crippen LogP contribution in [-0.4, -0.2) is 5.91 Å². The van der Waals surface area contributed by atoms with E-state index in [1.165, 1.54) is 54.6 Å². The van der Waals surface area contributed by atoms with Crippen LogP contribution >= 0.6 is 23.2 Å². The summed E-state index contributed by atoms with van der Waals surface area (Å²) in [5.41, 5.74) is 1.13. The molecule has 0 saturated heterocycles. The number of carbonyl (C=O) groups is 1. The van der Waals surface area contributed by atoms with Crippen molar-refractivity contribution in [2.24, 2.45) is 0 Å². The topological polar surface area (TPSA) is 62.1 Å². The smallest absolute Gasteiger partial charge is 0.266 e. The number of nitrogens with one attached hydrogen (secondary N) is 1. The van der Waals surface area contributed by atoms with Crippen molar-refractivity contribution in [3.8, 4) is 11.8 Å². The van der Waals surface area contributed by atoms with Gasteiger partial charge in [-0.2, -0.15) is 5.26 Å². The highest BCUT2D eigenvalue weighted by atomic mass is 35.5. The van der Waals surface area contributed by atoms with Crippen LogP contribution in [0.2, 0.25) is 10.0 Å². The minimum atomic E-state index is -0.673. The molecule has 0 spiro atoms. The molecule has 0 bridgehead atoms. The van der Waals surface area contributed by atoms with Crippen LogP contribution < -0.4 is 10.1 Å². The van der Waals surface area contributed by atoms with Crippen LogP contribution in [0.25, 0.3) is 6.08 Å². The molecule has 1 amide bonds. The number of rotatable bonds is 6. The minimum Gasteiger partial charge on any atom is -0.486 e. The number of nitriles is 1. The minimum absolute atomic E-state index is 0.0515. The Morgan fingerprint density at radius 3 is 2.32 bits per heavy atom. The molecule has 3 rings (SSSR count). The molecule has 1 N–H and O–H groups in total. The SMILES string of the molecule is N#C/C(=C\c1cc(Cl)c(OCc2cccc(F)c2)c(Cl)c1)C(=O)Nc1ccc(F)cc1. The van der Waals surface area contributed by atoms with E-state index in [1.807, 2.05) is 6.07 Å². The third-order valence-electron chi connectivity index (χ3n) is 4.07. The Hall–Kier alpha value is -3.40. The van der Waals surface area contributed by atoms with Gasteiger partial charge < -0.3 is 10.1 Å². The van der Waals surface area contributed by atoms with Gasteiger partial charge in [0.25, 0.3) is 5.91 Å². The van der Waals surface area contributed by atoms with Crippen molar-refractivity contribution in [2.75, 3.05) is 5.32 Å². The lowest BCUT2D eigenvalue weighted by Gasteiger charge is -2.11. The molecular formula is C23H14Cl2F2N2O2. The van der Waals surface area contributed by atoms with Crippen molar-refractivity contribution in [1.29, 1.82) is 5.26 Å². The van der Waals surface area contributed by atoms with Crippen LogP contribution in [0.5, 0.6) is 5.75 Å². The first kappa shape index (κ1) is 22.3. The second kappa shape index (κ2) is 10.1. The monoisotopic (exact) mass is 458 g/mol. The third-order valence-corrected chi connectivity index (χ3v) is 4.63. The molecule has 156 valence electrons. The van der Waals surface area contributed by atoms with E-state index in [4.69, 9.17) is 27.9 Å². The molecule has 0 fully saturated rings. The molecule has 0 aliphatic rings. The Kier molecular flexibility index (Phi) is 7.24. The lowest BCUT2D eigenvalue weighted by Crippen LogP contribution is -2.13. The second-order valence-electron chi connectivity index (χ2n) is 6.36. The number of carbonyl (C=O) groups excluding carboxylic acids is 1. The van der Waals surface area contributed by atoms with E-state index in [1.54, 1.807) is 12.1 Å². The van der Waals surface area contributed by atoms with Gasteiger partial charge in [0, 0.05) is 5.69 Å². The molecule has 31 heavy (non-hydrogen) atoms. The first-order valence-electron chi connectivity index (χ1n) is 8.90. The first-order valence-corrected chi connectivity index (χ1v) is 9.66. The number of amides is 1. The summed E-state index contributed by atoms with van der Waals surface area (Å²) in [6.07, 6.45) is 1.31. The fourth-order valence-corrected chi connectivity index (χ4v) is 3.24. The molecule has 3 aromatic rings. The summed E-state index contributed by atoms with van der Waals surface area (Å²) < 4.78 is 31.9. The zero-order valence-corrected chi connectivity index (χ0v) is 17.3. The van der Waals surface area contributed by atoms with Gasteiger partial charge in [-0.1, -0.05) is 35.3 Å². The lowest BCUT2D eigenvalue weighted by atomic mass is 10.1. The Balaban J connectivity index is 1.76. The Bertz CT molecular complexity index is 1170. The van der Waals surface area contributed by atoms with Crippen molar-refractivity contribution in [3.05, 3.63) is 99.0 Å². The molecule has 0 atom stereocenters. The van der Waals surface area contributed by atoms with Gasteiger partial charge in [0.2, 0.25) is 0 Å². The molecule has 8 heteroatoms. The summed E-state index contributed by atoms with van der Waals surface area (Å²) in [5, 5.41) is 12.2. The van der Waals surface area contributed by atoms with Crippen LogP contribution in [0.15, 0.2) is 66.2 Å².